The highest BCUT2D eigenvalue weighted by Crippen LogP contribution is 2.43. The van der Waals surface area contributed by atoms with Crippen LogP contribution >= 0.6 is 23.2 Å². The van der Waals surface area contributed by atoms with Crippen LogP contribution in [0.25, 0.3) is 22.0 Å². The summed E-state index contributed by atoms with van der Waals surface area (Å²) in [4.78, 5) is 29.7. The Morgan fingerprint density at radius 2 is 1.76 bits per heavy atom. The molecule has 2 amide bonds. The molecule has 0 unspecified atom stereocenters. The number of carbonyl (C=O) groups is 2. The first-order chi connectivity index (χ1) is 24.0. The Balaban J connectivity index is 1.29. The highest BCUT2D eigenvalue weighted by atomic mass is 35.5. The number of fused-ring (bicyclic) bond motifs is 3. The summed E-state index contributed by atoms with van der Waals surface area (Å²) in [5.41, 5.74) is 9.60. The van der Waals surface area contributed by atoms with E-state index in [-0.39, 0.29) is 11.8 Å². The van der Waals surface area contributed by atoms with Gasteiger partial charge in [0.1, 0.15) is 11.4 Å². The number of aryl methyl sites for hydroxylation is 6. The minimum Gasteiger partial charge on any atom is -0.494 e. The van der Waals surface area contributed by atoms with Crippen molar-refractivity contribution in [1.82, 2.24) is 19.7 Å². The molecule has 0 atom stereocenters. The van der Waals surface area contributed by atoms with Crippen LogP contribution in [0.2, 0.25) is 10.0 Å². The molecule has 0 saturated heterocycles. The summed E-state index contributed by atoms with van der Waals surface area (Å²) in [6, 6.07) is 15.3. The molecule has 8 nitrogen and oxygen atoms in total. The van der Waals surface area contributed by atoms with E-state index in [0.717, 1.165) is 67.3 Å². The zero-order chi connectivity index (χ0) is 35.3. The third kappa shape index (κ3) is 6.40. The first kappa shape index (κ1) is 34.2. The summed E-state index contributed by atoms with van der Waals surface area (Å²) in [5.74, 6) is 1.17. The Bertz CT molecular complexity index is 2120. The van der Waals surface area contributed by atoms with Crippen LogP contribution < -0.4 is 15.0 Å². The largest absolute Gasteiger partial charge is 0.494 e. The predicted molar refractivity (Wildman–Crippen MR) is 201 cm³/mol. The lowest BCUT2D eigenvalue weighted by Gasteiger charge is -2.22. The average Bonchev–Trinajstić information content (AvgIpc) is 3.85. The van der Waals surface area contributed by atoms with Crippen LogP contribution in [-0.2, 0) is 20.0 Å². The standard InChI is InChI=1S/C40H43Cl2N5O3/c1-23-19-30(20-24(2)36(23)42)50-18-7-11-31-32-14-15-33(41)35(34-25(3)44-45(5)26(34)4)37(32)47-17-8-16-46(40(49)38(31)47)29-10-6-9-28(21-29)39(48)43-22-27-12-13-27/h6,9-10,14-15,19-21,27H,7-8,11-13,16-18,22H2,1-5H3,(H,43,48). The second-order valence-corrected chi connectivity index (χ2v) is 14.6. The van der Waals surface area contributed by atoms with Crippen LogP contribution in [0.5, 0.6) is 5.75 Å². The normalized spacial score (nSPS) is 14.6. The van der Waals surface area contributed by atoms with E-state index in [4.69, 9.17) is 33.0 Å². The predicted octanol–water partition coefficient (Wildman–Crippen LogP) is 8.78. The van der Waals surface area contributed by atoms with Crippen molar-refractivity contribution in [3.05, 3.63) is 97.9 Å². The van der Waals surface area contributed by atoms with Gasteiger partial charge >= 0.3 is 0 Å². The van der Waals surface area contributed by atoms with Crippen LogP contribution in [0.4, 0.5) is 5.69 Å². The number of aromatic nitrogens is 3. The number of amides is 2. The Morgan fingerprint density at radius 3 is 2.46 bits per heavy atom. The first-order valence-corrected chi connectivity index (χ1v) is 18.2. The second kappa shape index (κ2) is 13.8. The number of carbonyl (C=O) groups excluding carboxylic acids is 2. The zero-order valence-electron chi connectivity index (χ0n) is 29.3. The number of hydrogen-bond donors (Lipinski definition) is 1. The molecule has 0 spiro atoms. The molecule has 260 valence electrons. The molecule has 5 aromatic rings. The molecule has 1 fully saturated rings. The van der Waals surface area contributed by atoms with Gasteiger partial charge in [-0.25, -0.2) is 0 Å². The summed E-state index contributed by atoms with van der Waals surface area (Å²) < 4.78 is 10.3. The van der Waals surface area contributed by atoms with Crippen molar-refractivity contribution in [3.8, 4) is 16.9 Å². The van der Waals surface area contributed by atoms with Crippen molar-refractivity contribution < 1.29 is 14.3 Å². The zero-order valence-corrected chi connectivity index (χ0v) is 30.8. The van der Waals surface area contributed by atoms with Crippen LogP contribution in [-0.4, -0.2) is 45.9 Å². The molecule has 7 rings (SSSR count). The number of hydrogen-bond acceptors (Lipinski definition) is 4. The average molecular weight is 713 g/mol. The molecule has 10 heteroatoms. The number of halogens is 2. The minimum atomic E-state index is -0.108. The van der Waals surface area contributed by atoms with Crippen LogP contribution in [0.3, 0.4) is 0 Å². The molecule has 1 saturated carbocycles. The Kier molecular flexibility index (Phi) is 9.44. The van der Waals surface area contributed by atoms with Gasteiger partial charge in [0.15, 0.2) is 0 Å². The van der Waals surface area contributed by atoms with Crippen molar-refractivity contribution in [2.24, 2.45) is 13.0 Å². The number of ether oxygens (including phenoxy) is 1. The smallest absolute Gasteiger partial charge is 0.275 e. The quantitative estimate of drug-likeness (QED) is 0.147. The fourth-order valence-corrected chi connectivity index (χ4v) is 7.71. The summed E-state index contributed by atoms with van der Waals surface area (Å²) in [6.45, 7) is 10.3. The van der Waals surface area contributed by atoms with Gasteiger partial charge in [-0.1, -0.05) is 35.3 Å². The van der Waals surface area contributed by atoms with Gasteiger partial charge in [-0.3, -0.25) is 14.3 Å². The van der Waals surface area contributed by atoms with Gasteiger partial charge in [-0.05, 0) is 119 Å². The number of nitrogens with zero attached hydrogens (tertiary/aromatic N) is 4. The van der Waals surface area contributed by atoms with Gasteiger partial charge in [0.25, 0.3) is 11.8 Å². The Labute approximate surface area is 303 Å². The maximum absolute atomic E-state index is 14.9. The first-order valence-electron chi connectivity index (χ1n) is 17.5. The van der Waals surface area contributed by atoms with Gasteiger partial charge in [0.05, 0.1) is 22.8 Å². The van der Waals surface area contributed by atoms with Gasteiger partial charge in [-0.2, -0.15) is 5.10 Å². The highest BCUT2D eigenvalue weighted by Gasteiger charge is 2.33. The number of rotatable bonds is 10. The maximum Gasteiger partial charge on any atom is 0.275 e. The van der Waals surface area contributed by atoms with Crippen LogP contribution in [0.15, 0.2) is 48.5 Å². The maximum atomic E-state index is 14.9. The van der Waals surface area contributed by atoms with E-state index in [9.17, 15) is 9.59 Å². The third-order valence-corrected chi connectivity index (χ3v) is 11.1. The SMILES string of the molecule is Cc1cc(OCCCc2c3n(c4c(-c5c(C)nn(C)c5C)c(Cl)ccc24)CCCN(c2cccc(C(=O)NCC4CC4)c2)C3=O)cc(C)c1Cl. The molecular formula is C40H43Cl2N5O3. The molecule has 50 heavy (non-hydrogen) atoms. The molecule has 2 aromatic heterocycles. The van der Waals surface area contributed by atoms with E-state index < -0.39 is 0 Å². The number of anilines is 1. The molecule has 0 radical (unpaired) electrons. The molecule has 2 aliphatic rings. The van der Waals surface area contributed by atoms with E-state index >= 15 is 0 Å². The van der Waals surface area contributed by atoms with Gasteiger partial charge in [0.2, 0.25) is 0 Å². The van der Waals surface area contributed by atoms with Crippen molar-refractivity contribution in [2.45, 2.75) is 66.3 Å². The van der Waals surface area contributed by atoms with E-state index in [2.05, 4.69) is 16.8 Å². The minimum absolute atomic E-state index is 0.0872. The second-order valence-electron chi connectivity index (χ2n) is 13.8. The van der Waals surface area contributed by atoms with E-state index in [0.29, 0.717) is 67.0 Å². The van der Waals surface area contributed by atoms with Crippen molar-refractivity contribution in [2.75, 3.05) is 24.6 Å². The van der Waals surface area contributed by atoms with Crippen LogP contribution in [0.1, 0.15) is 74.6 Å². The molecule has 3 heterocycles. The van der Waals surface area contributed by atoms with E-state index in [1.165, 1.54) is 12.8 Å². The lowest BCUT2D eigenvalue weighted by Crippen LogP contribution is -2.32. The van der Waals surface area contributed by atoms with Crippen LogP contribution in [0, 0.1) is 33.6 Å². The fraction of sp³-hybridized carbons (Fsp3) is 0.375. The molecule has 0 bridgehead atoms. The number of benzene rings is 3. The molecule has 3 aromatic carbocycles. The lowest BCUT2D eigenvalue weighted by molar-refractivity contribution is 0.0948. The molecule has 1 aliphatic carbocycles. The number of nitrogens with one attached hydrogen (secondary N) is 1. The van der Waals surface area contributed by atoms with E-state index in [1.54, 1.807) is 0 Å². The topological polar surface area (TPSA) is 81.4 Å². The van der Waals surface area contributed by atoms with Gasteiger partial charge in [0, 0.05) is 65.2 Å². The molecular weight excluding hydrogens is 669 g/mol. The van der Waals surface area contributed by atoms with Crippen molar-refractivity contribution in [1.29, 1.82) is 0 Å². The Hall–Kier alpha value is -4.27. The highest BCUT2D eigenvalue weighted by molar-refractivity contribution is 6.35. The monoisotopic (exact) mass is 711 g/mol. The Morgan fingerprint density at radius 1 is 1.00 bits per heavy atom. The summed E-state index contributed by atoms with van der Waals surface area (Å²) in [5, 5.41) is 10.1. The lowest BCUT2D eigenvalue weighted by atomic mass is 9.98. The molecule has 1 aliphatic heterocycles. The van der Waals surface area contributed by atoms with Gasteiger partial charge in [-0.15, -0.1) is 0 Å². The third-order valence-electron chi connectivity index (χ3n) is 10.2. The molecule has 1 N–H and O–H groups in total. The van der Waals surface area contributed by atoms with E-state index in [1.807, 2.05) is 85.9 Å². The summed E-state index contributed by atoms with van der Waals surface area (Å²) in [6.07, 6.45) is 4.38. The fourth-order valence-electron chi connectivity index (χ4n) is 7.35. The summed E-state index contributed by atoms with van der Waals surface area (Å²) in [7, 11) is 1.94. The summed E-state index contributed by atoms with van der Waals surface area (Å²) >= 11 is 13.5. The van der Waals surface area contributed by atoms with Crippen molar-refractivity contribution in [3.63, 3.8) is 0 Å². The van der Waals surface area contributed by atoms with Gasteiger partial charge < -0.3 is 19.5 Å². The van der Waals surface area contributed by atoms with Crippen molar-refractivity contribution >= 4 is 51.6 Å².